The second-order valence-electron chi connectivity index (χ2n) is 6.33. The fraction of sp³-hybridized carbons (Fsp3) is 0.389. The Kier molecular flexibility index (Phi) is 3.59. The van der Waals surface area contributed by atoms with Crippen LogP contribution in [0.5, 0.6) is 5.75 Å². The lowest BCUT2D eigenvalue weighted by Gasteiger charge is -2.31. The Morgan fingerprint density at radius 2 is 2.08 bits per heavy atom. The number of anilines is 1. The van der Waals surface area contributed by atoms with Gasteiger partial charge in [0.05, 0.1) is 0 Å². The number of hydrogen-bond donors (Lipinski definition) is 0. The lowest BCUT2D eigenvalue weighted by Crippen LogP contribution is -2.47. The van der Waals surface area contributed by atoms with Crippen LogP contribution >= 0.6 is 0 Å². The molecule has 0 spiro atoms. The van der Waals surface area contributed by atoms with Crippen molar-refractivity contribution in [2.24, 2.45) is 7.05 Å². The molecule has 1 aliphatic carbocycles. The van der Waals surface area contributed by atoms with E-state index in [0.717, 1.165) is 24.0 Å². The number of piperidine rings is 1. The molecule has 0 radical (unpaired) electrons. The number of nitrogens with zero attached hydrogens (tertiary/aromatic N) is 3. The Hall–Kier alpha value is -2.63. The normalized spacial score (nSPS) is 20.4. The average molecular weight is 325 g/mol. The summed E-state index contributed by atoms with van der Waals surface area (Å²) in [5, 5.41) is 4.31. The number of ketones is 1. The van der Waals surface area contributed by atoms with Crippen LogP contribution in [0.2, 0.25) is 0 Å². The van der Waals surface area contributed by atoms with Gasteiger partial charge in [-0.3, -0.25) is 19.2 Å². The third-order valence-electron chi connectivity index (χ3n) is 4.64. The predicted molar refractivity (Wildman–Crippen MR) is 88.3 cm³/mol. The van der Waals surface area contributed by atoms with Crippen LogP contribution in [-0.4, -0.2) is 34.1 Å². The molecule has 1 atom stereocenters. The topological polar surface area (TPSA) is 64.4 Å². The first-order valence-corrected chi connectivity index (χ1v) is 8.25. The lowest BCUT2D eigenvalue weighted by atomic mass is 10.1. The molecular weight excluding hydrogens is 306 g/mol. The Bertz CT molecular complexity index is 812. The summed E-state index contributed by atoms with van der Waals surface area (Å²) in [6.45, 7) is 0.661. The van der Waals surface area contributed by atoms with Gasteiger partial charge >= 0.3 is 0 Å². The maximum Gasteiger partial charge on any atom is 0.269 e. The van der Waals surface area contributed by atoms with Crippen molar-refractivity contribution in [2.45, 2.75) is 31.8 Å². The van der Waals surface area contributed by atoms with Crippen molar-refractivity contribution in [3.05, 3.63) is 41.6 Å². The van der Waals surface area contributed by atoms with Crippen LogP contribution in [-0.2, 0) is 18.3 Å². The largest absolute Gasteiger partial charge is 0.481 e. The Morgan fingerprint density at radius 3 is 2.88 bits per heavy atom. The van der Waals surface area contributed by atoms with Crippen LogP contribution in [0, 0.1) is 0 Å². The quantitative estimate of drug-likeness (QED) is 0.867. The van der Waals surface area contributed by atoms with Crippen molar-refractivity contribution in [1.82, 2.24) is 9.78 Å². The molecule has 1 saturated heterocycles. The van der Waals surface area contributed by atoms with Gasteiger partial charge in [-0.05, 0) is 43.0 Å². The summed E-state index contributed by atoms with van der Waals surface area (Å²) in [6, 6.07) is 7.33. The summed E-state index contributed by atoms with van der Waals surface area (Å²) in [6.07, 6.45) is 4.20. The highest BCUT2D eigenvalue weighted by atomic mass is 16.5. The first-order chi connectivity index (χ1) is 11.6. The smallest absolute Gasteiger partial charge is 0.269 e. The molecule has 1 aromatic heterocycles. The maximum atomic E-state index is 12.7. The first kappa shape index (κ1) is 14.9. The molecule has 1 aliphatic heterocycles. The fourth-order valence-corrected chi connectivity index (χ4v) is 3.40. The van der Waals surface area contributed by atoms with E-state index in [1.165, 1.54) is 0 Å². The Morgan fingerprint density at radius 1 is 1.21 bits per heavy atom. The SMILES string of the molecule is Cn1ccc(N2CCC[C@H](Oc3ccc4c(c3)CCC4=O)C2=O)n1. The van der Waals surface area contributed by atoms with E-state index in [1.54, 1.807) is 15.6 Å². The monoisotopic (exact) mass is 325 g/mol. The number of aromatic nitrogens is 2. The molecule has 6 nitrogen and oxygen atoms in total. The number of aryl methyl sites for hydroxylation is 2. The standard InChI is InChI=1S/C18H19N3O3/c1-20-10-8-17(19-20)21-9-2-3-16(18(21)23)24-13-5-6-14-12(11-13)4-7-15(14)22/h5-6,8,10-11,16H,2-4,7,9H2,1H3/t16-/m0/s1. The minimum absolute atomic E-state index is 0.0588. The summed E-state index contributed by atoms with van der Waals surface area (Å²) < 4.78 is 7.63. The number of hydrogen-bond acceptors (Lipinski definition) is 4. The predicted octanol–water partition coefficient (Wildman–Crippen LogP) is 2.12. The van der Waals surface area contributed by atoms with E-state index in [0.29, 0.717) is 31.0 Å². The van der Waals surface area contributed by atoms with E-state index >= 15 is 0 Å². The summed E-state index contributed by atoms with van der Waals surface area (Å²) >= 11 is 0. The minimum Gasteiger partial charge on any atom is -0.481 e. The number of Topliss-reactive ketones (excluding diaryl/α,β-unsaturated/α-hetero) is 1. The zero-order valence-electron chi connectivity index (χ0n) is 13.6. The molecule has 0 saturated carbocycles. The second kappa shape index (κ2) is 5.78. The van der Waals surface area contributed by atoms with Gasteiger partial charge in [-0.2, -0.15) is 5.10 Å². The van der Waals surface area contributed by atoms with Gasteiger partial charge in [-0.15, -0.1) is 0 Å². The highest BCUT2D eigenvalue weighted by molar-refractivity contribution is 6.00. The Labute approximate surface area is 140 Å². The molecule has 0 bridgehead atoms. The molecule has 2 aromatic rings. The number of carbonyl (C=O) groups excluding carboxylic acids is 2. The summed E-state index contributed by atoms with van der Waals surface area (Å²) in [4.78, 5) is 26.1. The van der Waals surface area contributed by atoms with Gasteiger partial charge in [0.1, 0.15) is 5.75 Å². The maximum absolute atomic E-state index is 12.7. The molecule has 1 amide bonds. The summed E-state index contributed by atoms with van der Waals surface area (Å²) in [7, 11) is 1.83. The van der Waals surface area contributed by atoms with Gasteiger partial charge in [0.25, 0.3) is 5.91 Å². The first-order valence-electron chi connectivity index (χ1n) is 8.25. The van der Waals surface area contributed by atoms with Gasteiger partial charge in [-0.1, -0.05) is 0 Å². The van der Waals surface area contributed by atoms with E-state index in [-0.39, 0.29) is 11.7 Å². The van der Waals surface area contributed by atoms with Crippen molar-refractivity contribution in [1.29, 1.82) is 0 Å². The van der Waals surface area contributed by atoms with Crippen molar-refractivity contribution in [2.75, 3.05) is 11.4 Å². The molecule has 24 heavy (non-hydrogen) atoms. The van der Waals surface area contributed by atoms with Crippen molar-refractivity contribution in [3.8, 4) is 5.75 Å². The van der Waals surface area contributed by atoms with E-state index in [2.05, 4.69) is 5.10 Å². The molecular formula is C18H19N3O3. The van der Waals surface area contributed by atoms with Crippen LogP contribution in [0.4, 0.5) is 5.82 Å². The van der Waals surface area contributed by atoms with Gasteiger partial charge in [0, 0.05) is 37.8 Å². The molecule has 4 rings (SSSR count). The third kappa shape index (κ3) is 2.58. The van der Waals surface area contributed by atoms with E-state index < -0.39 is 6.10 Å². The van der Waals surface area contributed by atoms with Crippen LogP contribution in [0.3, 0.4) is 0 Å². The third-order valence-corrected chi connectivity index (χ3v) is 4.64. The van der Waals surface area contributed by atoms with Crippen LogP contribution in [0.25, 0.3) is 0 Å². The zero-order valence-corrected chi connectivity index (χ0v) is 13.6. The number of rotatable bonds is 3. The van der Waals surface area contributed by atoms with Crippen LogP contribution in [0.15, 0.2) is 30.5 Å². The van der Waals surface area contributed by atoms with Crippen molar-refractivity contribution >= 4 is 17.5 Å². The molecule has 1 fully saturated rings. The van der Waals surface area contributed by atoms with Gasteiger partial charge in [-0.25, -0.2) is 0 Å². The molecule has 124 valence electrons. The van der Waals surface area contributed by atoms with E-state index in [9.17, 15) is 9.59 Å². The molecule has 2 heterocycles. The molecule has 6 heteroatoms. The Balaban J connectivity index is 1.52. The lowest BCUT2D eigenvalue weighted by molar-refractivity contribution is -0.127. The number of fused-ring (bicyclic) bond motifs is 1. The highest BCUT2D eigenvalue weighted by Gasteiger charge is 2.32. The van der Waals surface area contributed by atoms with Gasteiger partial charge < -0.3 is 4.74 Å². The average Bonchev–Trinajstić information content (AvgIpc) is 3.16. The molecule has 2 aliphatic rings. The van der Waals surface area contributed by atoms with E-state index in [1.807, 2.05) is 31.4 Å². The van der Waals surface area contributed by atoms with Crippen LogP contribution < -0.4 is 9.64 Å². The van der Waals surface area contributed by atoms with E-state index in [4.69, 9.17) is 4.74 Å². The molecule has 1 aromatic carbocycles. The number of carbonyl (C=O) groups is 2. The number of ether oxygens (including phenoxy) is 1. The van der Waals surface area contributed by atoms with Crippen molar-refractivity contribution < 1.29 is 14.3 Å². The van der Waals surface area contributed by atoms with Crippen molar-refractivity contribution in [3.63, 3.8) is 0 Å². The highest BCUT2D eigenvalue weighted by Crippen LogP contribution is 2.28. The number of amides is 1. The number of benzene rings is 1. The van der Waals surface area contributed by atoms with Crippen LogP contribution in [0.1, 0.15) is 35.2 Å². The zero-order chi connectivity index (χ0) is 16.7. The van der Waals surface area contributed by atoms with Gasteiger partial charge in [0.15, 0.2) is 17.7 Å². The van der Waals surface area contributed by atoms with Gasteiger partial charge in [0.2, 0.25) is 0 Å². The summed E-state index contributed by atoms with van der Waals surface area (Å²) in [5.74, 6) is 1.45. The second-order valence-corrected chi connectivity index (χ2v) is 6.33. The molecule has 0 unspecified atom stereocenters. The fourth-order valence-electron chi connectivity index (χ4n) is 3.40. The minimum atomic E-state index is -0.504. The molecule has 0 N–H and O–H groups in total. The summed E-state index contributed by atoms with van der Waals surface area (Å²) in [5.41, 5.74) is 1.80.